The molecule has 0 saturated heterocycles. The van der Waals surface area contributed by atoms with Crippen molar-refractivity contribution in [2.75, 3.05) is 0 Å². The van der Waals surface area contributed by atoms with Crippen LogP contribution in [0, 0.1) is 10.1 Å². The van der Waals surface area contributed by atoms with Gasteiger partial charge in [-0.05, 0) is 18.2 Å². The van der Waals surface area contributed by atoms with Crippen LogP contribution < -0.4 is 0 Å². The highest BCUT2D eigenvalue weighted by Gasteiger charge is 2.10. The highest BCUT2D eigenvalue weighted by atomic mass is 35.5. The Morgan fingerprint density at radius 2 is 1.94 bits per heavy atom. The fourth-order valence-electron chi connectivity index (χ4n) is 1.22. The van der Waals surface area contributed by atoms with Crippen LogP contribution in [0.3, 0.4) is 0 Å². The number of hydrogen-bond acceptors (Lipinski definition) is 4. The van der Waals surface area contributed by atoms with Crippen molar-refractivity contribution in [3.8, 4) is 0 Å². The number of pyridine rings is 1. The molecule has 17 heavy (non-hydrogen) atoms. The number of nitro benzene ring substituents is 1. The fourth-order valence-corrected chi connectivity index (χ4v) is 2.31. The van der Waals surface area contributed by atoms with Crippen LogP contribution in [0.5, 0.6) is 0 Å². The number of non-ortho nitro benzene ring substituents is 1. The molecule has 0 radical (unpaired) electrons. The summed E-state index contributed by atoms with van der Waals surface area (Å²) in [5, 5.41) is 10.9. The van der Waals surface area contributed by atoms with Crippen LogP contribution in [0.25, 0.3) is 0 Å². The topological polar surface area (TPSA) is 56.0 Å². The molecule has 4 nitrogen and oxygen atoms in total. The lowest BCUT2D eigenvalue weighted by Crippen LogP contribution is -1.87. The van der Waals surface area contributed by atoms with E-state index in [0.29, 0.717) is 5.02 Å². The average molecular weight is 267 g/mol. The minimum atomic E-state index is -0.466. The Balaban J connectivity index is 2.26. The summed E-state index contributed by atoms with van der Waals surface area (Å²) in [6.45, 7) is 0. The van der Waals surface area contributed by atoms with Crippen LogP contribution in [0.4, 0.5) is 5.69 Å². The SMILES string of the molecule is O=[N+]([O-])c1ccc(Sc2ccncc2)c(Cl)c1. The molecule has 0 spiro atoms. The highest BCUT2D eigenvalue weighted by Crippen LogP contribution is 2.34. The molecule has 0 bridgehead atoms. The van der Waals surface area contributed by atoms with Gasteiger partial charge in [0.15, 0.2) is 0 Å². The quantitative estimate of drug-likeness (QED) is 0.626. The summed E-state index contributed by atoms with van der Waals surface area (Å²) in [7, 11) is 0. The number of hydrogen-bond donors (Lipinski definition) is 0. The van der Waals surface area contributed by atoms with Crippen LogP contribution >= 0.6 is 23.4 Å². The maximum absolute atomic E-state index is 10.6. The van der Waals surface area contributed by atoms with E-state index in [9.17, 15) is 10.1 Å². The largest absolute Gasteiger partial charge is 0.270 e. The zero-order valence-electron chi connectivity index (χ0n) is 8.54. The molecule has 0 saturated carbocycles. The number of nitro groups is 1. The van der Waals surface area contributed by atoms with Gasteiger partial charge in [0.25, 0.3) is 5.69 Å². The van der Waals surface area contributed by atoms with E-state index >= 15 is 0 Å². The number of rotatable bonds is 3. The monoisotopic (exact) mass is 266 g/mol. The van der Waals surface area contributed by atoms with E-state index < -0.39 is 4.92 Å². The van der Waals surface area contributed by atoms with Gasteiger partial charge in [0.1, 0.15) is 0 Å². The molecule has 2 rings (SSSR count). The molecule has 0 aliphatic rings. The summed E-state index contributed by atoms with van der Waals surface area (Å²) in [4.78, 5) is 15.8. The van der Waals surface area contributed by atoms with E-state index in [1.54, 1.807) is 18.5 Å². The molecule has 0 N–H and O–H groups in total. The van der Waals surface area contributed by atoms with Gasteiger partial charge in [-0.15, -0.1) is 0 Å². The Morgan fingerprint density at radius 1 is 1.24 bits per heavy atom. The van der Waals surface area contributed by atoms with E-state index in [0.717, 1.165) is 9.79 Å². The van der Waals surface area contributed by atoms with Gasteiger partial charge in [0, 0.05) is 34.3 Å². The van der Waals surface area contributed by atoms with Gasteiger partial charge in [0.2, 0.25) is 0 Å². The first-order valence-electron chi connectivity index (χ1n) is 4.68. The number of halogens is 1. The second-order valence-corrected chi connectivity index (χ2v) is 4.68. The third-order valence-electron chi connectivity index (χ3n) is 2.00. The second kappa shape index (κ2) is 5.16. The van der Waals surface area contributed by atoms with Crippen LogP contribution in [-0.2, 0) is 0 Å². The molecule has 1 aromatic carbocycles. The van der Waals surface area contributed by atoms with Gasteiger partial charge in [-0.2, -0.15) is 0 Å². The fraction of sp³-hybridized carbons (Fsp3) is 0. The van der Waals surface area contributed by atoms with Gasteiger partial charge < -0.3 is 0 Å². The lowest BCUT2D eigenvalue weighted by atomic mass is 10.3. The van der Waals surface area contributed by atoms with Crippen LogP contribution in [0.15, 0.2) is 52.5 Å². The molecule has 0 unspecified atom stereocenters. The lowest BCUT2D eigenvalue weighted by molar-refractivity contribution is -0.384. The van der Waals surface area contributed by atoms with Gasteiger partial charge in [0.05, 0.1) is 9.95 Å². The Morgan fingerprint density at radius 3 is 2.53 bits per heavy atom. The van der Waals surface area contributed by atoms with Crippen molar-refractivity contribution >= 4 is 29.1 Å². The minimum absolute atomic E-state index is 0.00548. The van der Waals surface area contributed by atoms with Crippen LogP contribution in [-0.4, -0.2) is 9.91 Å². The van der Waals surface area contributed by atoms with Crippen molar-refractivity contribution in [2.45, 2.75) is 9.79 Å². The summed E-state index contributed by atoms with van der Waals surface area (Å²) in [6, 6.07) is 8.14. The van der Waals surface area contributed by atoms with Crippen molar-refractivity contribution in [1.29, 1.82) is 0 Å². The predicted octanol–water partition coefficient (Wildman–Crippen LogP) is 3.79. The summed E-state index contributed by atoms with van der Waals surface area (Å²) in [5.41, 5.74) is -0.00548. The Bertz CT molecular complexity index is 548. The first kappa shape index (κ1) is 11.9. The zero-order chi connectivity index (χ0) is 12.3. The first-order valence-corrected chi connectivity index (χ1v) is 5.88. The number of benzene rings is 1. The Hall–Kier alpha value is -1.59. The summed E-state index contributed by atoms with van der Waals surface area (Å²) >= 11 is 7.42. The van der Waals surface area contributed by atoms with Crippen molar-refractivity contribution < 1.29 is 4.92 Å². The van der Waals surface area contributed by atoms with Crippen molar-refractivity contribution in [3.05, 3.63) is 57.9 Å². The molecule has 1 heterocycles. The molecule has 2 aromatic rings. The molecule has 86 valence electrons. The molecule has 0 aliphatic carbocycles. The average Bonchev–Trinajstić information content (AvgIpc) is 2.33. The summed E-state index contributed by atoms with van der Waals surface area (Å²) in [6.07, 6.45) is 3.36. The maximum atomic E-state index is 10.6. The van der Waals surface area contributed by atoms with Crippen molar-refractivity contribution in [3.63, 3.8) is 0 Å². The second-order valence-electron chi connectivity index (χ2n) is 3.16. The molecule has 1 aromatic heterocycles. The van der Waals surface area contributed by atoms with Crippen LogP contribution in [0.1, 0.15) is 0 Å². The minimum Gasteiger partial charge on any atom is -0.265 e. The Kier molecular flexibility index (Phi) is 3.61. The first-order chi connectivity index (χ1) is 8.16. The molecule has 0 amide bonds. The van der Waals surface area contributed by atoms with E-state index in [1.807, 2.05) is 12.1 Å². The zero-order valence-corrected chi connectivity index (χ0v) is 10.1. The van der Waals surface area contributed by atoms with E-state index in [1.165, 1.54) is 23.9 Å². The van der Waals surface area contributed by atoms with Crippen LogP contribution in [0.2, 0.25) is 5.02 Å². The predicted molar refractivity (Wildman–Crippen MR) is 66.5 cm³/mol. The van der Waals surface area contributed by atoms with E-state index in [-0.39, 0.29) is 5.69 Å². The third-order valence-corrected chi connectivity index (χ3v) is 3.51. The van der Waals surface area contributed by atoms with E-state index in [4.69, 9.17) is 11.6 Å². The maximum Gasteiger partial charge on any atom is 0.270 e. The molecule has 0 aliphatic heterocycles. The van der Waals surface area contributed by atoms with Gasteiger partial charge >= 0.3 is 0 Å². The van der Waals surface area contributed by atoms with Gasteiger partial charge in [-0.25, -0.2) is 0 Å². The summed E-state index contributed by atoms with van der Waals surface area (Å²) < 4.78 is 0. The van der Waals surface area contributed by atoms with Gasteiger partial charge in [-0.1, -0.05) is 23.4 Å². The Labute approximate surface area is 107 Å². The molecule has 6 heteroatoms. The molecule has 0 atom stereocenters. The van der Waals surface area contributed by atoms with Crippen molar-refractivity contribution in [2.24, 2.45) is 0 Å². The third kappa shape index (κ3) is 2.95. The highest BCUT2D eigenvalue weighted by molar-refractivity contribution is 7.99. The standard InChI is InChI=1S/C11H7ClN2O2S/c12-10-7-8(14(15)16)1-2-11(10)17-9-3-5-13-6-4-9/h1-7H. The molecule has 0 fully saturated rings. The van der Waals surface area contributed by atoms with E-state index in [2.05, 4.69) is 4.98 Å². The number of nitrogens with zero attached hydrogens (tertiary/aromatic N) is 2. The van der Waals surface area contributed by atoms with Gasteiger partial charge in [-0.3, -0.25) is 15.1 Å². The molecular weight excluding hydrogens is 260 g/mol. The smallest absolute Gasteiger partial charge is 0.265 e. The molecular formula is C11H7ClN2O2S. The lowest BCUT2D eigenvalue weighted by Gasteiger charge is -2.03. The number of aromatic nitrogens is 1. The normalized spacial score (nSPS) is 10.2. The summed E-state index contributed by atoms with van der Waals surface area (Å²) in [5.74, 6) is 0. The van der Waals surface area contributed by atoms with Crippen molar-refractivity contribution in [1.82, 2.24) is 4.98 Å².